The molecule has 13 heavy (non-hydrogen) atoms. The third-order valence-electron chi connectivity index (χ3n) is 2.93. The smallest absolute Gasteiger partial charge is 0.0550 e. The molecule has 0 aromatic rings. The lowest BCUT2D eigenvalue weighted by atomic mass is 9.96. The standard InChI is InChI=1S/C10H19NOS/c1-8-4-9(2-3-12-8)5-11-10-6-13-7-10/h8-11H,2-7H2,1H3. The highest BCUT2D eigenvalue weighted by Crippen LogP contribution is 2.21. The topological polar surface area (TPSA) is 21.3 Å². The zero-order valence-electron chi connectivity index (χ0n) is 8.29. The molecule has 2 unspecified atom stereocenters. The van der Waals surface area contributed by atoms with Crippen molar-refractivity contribution in [3.05, 3.63) is 0 Å². The van der Waals surface area contributed by atoms with Gasteiger partial charge in [0.15, 0.2) is 0 Å². The van der Waals surface area contributed by atoms with Gasteiger partial charge in [-0.05, 0) is 32.2 Å². The van der Waals surface area contributed by atoms with Crippen LogP contribution in [0.1, 0.15) is 19.8 Å². The lowest BCUT2D eigenvalue weighted by Crippen LogP contribution is -2.43. The van der Waals surface area contributed by atoms with Gasteiger partial charge in [-0.25, -0.2) is 0 Å². The van der Waals surface area contributed by atoms with E-state index in [1.54, 1.807) is 0 Å². The molecular formula is C10H19NOS. The quantitative estimate of drug-likeness (QED) is 0.748. The normalized spacial score (nSPS) is 35.8. The third-order valence-corrected chi connectivity index (χ3v) is 4.20. The Morgan fingerprint density at radius 2 is 2.31 bits per heavy atom. The van der Waals surface area contributed by atoms with Crippen LogP contribution in [0.3, 0.4) is 0 Å². The summed E-state index contributed by atoms with van der Waals surface area (Å²) in [6.45, 7) is 4.36. The fraction of sp³-hybridized carbons (Fsp3) is 1.00. The van der Waals surface area contributed by atoms with E-state index < -0.39 is 0 Å². The molecule has 0 saturated carbocycles. The Balaban J connectivity index is 1.62. The average molecular weight is 201 g/mol. The second-order valence-electron chi connectivity index (χ2n) is 4.21. The number of hydrogen-bond donors (Lipinski definition) is 1. The molecular weight excluding hydrogens is 182 g/mol. The molecule has 2 heterocycles. The van der Waals surface area contributed by atoms with E-state index in [1.807, 2.05) is 11.8 Å². The van der Waals surface area contributed by atoms with Crippen molar-refractivity contribution < 1.29 is 4.74 Å². The van der Waals surface area contributed by atoms with E-state index in [0.717, 1.165) is 18.6 Å². The van der Waals surface area contributed by atoms with Crippen LogP contribution in [0.5, 0.6) is 0 Å². The maximum absolute atomic E-state index is 5.52. The van der Waals surface area contributed by atoms with Crippen molar-refractivity contribution in [1.82, 2.24) is 5.32 Å². The van der Waals surface area contributed by atoms with Gasteiger partial charge in [0.25, 0.3) is 0 Å². The minimum absolute atomic E-state index is 0.483. The zero-order chi connectivity index (χ0) is 9.10. The summed E-state index contributed by atoms with van der Waals surface area (Å²) in [6, 6.07) is 0.808. The molecule has 2 aliphatic rings. The molecule has 0 spiro atoms. The Morgan fingerprint density at radius 3 is 2.92 bits per heavy atom. The molecule has 2 saturated heterocycles. The predicted molar refractivity (Wildman–Crippen MR) is 57.3 cm³/mol. The number of thioether (sulfide) groups is 1. The maximum atomic E-state index is 5.52. The second-order valence-corrected chi connectivity index (χ2v) is 5.29. The number of nitrogens with one attached hydrogen (secondary N) is 1. The summed E-state index contributed by atoms with van der Waals surface area (Å²) in [7, 11) is 0. The van der Waals surface area contributed by atoms with E-state index in [0.29, 0.717) is 6.10 Å². The second kappa shape index (κ2) is 4.67. The molecule has 0 bridgehead atoms. The zero-order valence-corrected chi connectivity index (χ0v) is 9.11. The number of ether oxygens (including phenoxy) is 1. The van der Waals surface area contributed by atoms with Gasteiger partial charge in [0.05, 0.1) is 6.10 Å². The Hall–Kier alpha value is 0.270. The van der Waals surface area contributed by atoms with Gasteiger partial charge in [0.2, 0.25) is 0 Å². The van der Waals surface area contributed by atoms with Gasteiger partial charge >= 0.3 is 0 Å². The highest BCUT2D eigenvalue weighted by Gasteiger charge is 2.22. The van der Waals surface area contributed by atoms with Crippen LogP contribution >= 0.6 is 11.8 Å². The minimum atomic E-state index is 0.483. The summed E-state index contributed by atoms with van der Waals surface area (Å²) < 4.78 is 5.52. The first kappa shape index (κ1) is 9.81. The van der Waals surface area contributed by atoms with Crippen molar-refractivity contribution in [3.63, 3.8) is 0 Å². The largest absolute Gasteiger partial charge is 0.378 e. The van der Waals surface area contributed by atoms with E-state index in [-0.39, 0.29) is 0 Å². The Morgan fingerprint density at radius 1 is 1.46 bits per heavy atom. The van der Waals surface area contributed by atoms with Crippen LogP contribution in [0.25, 0.3) is 0 Å². The molecule has 76 valence electrons. The molecule has 0 aromatic heterocycles. The molecule has 3 heteroatoms. The molecule has 0 aliphatic carbocycles. The van der Waals surface area contributed by atoms with Crippen molar-refractivity contribution in [2.45, 2.75) is 31.9 Å². The van der Waals surface area contributed by atoms with Crippen LogP contribution in [0.2, 0.25) is 0 Å². The van der Waals surface area contributed by atoms with Crippen molar-refractivity contribution >= 4 is 11.8 Å². The van der Waals surface area contributed by atoms with E-state index in [9.17, 15) is 0 Å². The van der Waals surface area contributed by atoms with Gasteiger partial charge < -0.3 is 10.1 Å². The molecule has 2 aliphatic heterocycles. The molecule has 0 radical (unpaired) electrons. The summed E-state index contributed by atoms with van der Waals surface area (Å²) in [6.07, 6.45) is 2.97. The molecule has 0 amide bonds. The Labute approximate surface area is 84.8 Å². The fourth-order valence-corrected chi connectivity index (χ4v) is 2.67. The summed E-state index contributed by atoms with van der Waals surface area (Å²) in [5.41, 5.74) is 0. The Bertz CT molecular complexity index is 161. The van der Waals surface area contributed by atoms with Gasteiger partial charge in [-0.1, -0.05) is 0 Å². The van der Waals surface area contributed by atoms with E-state index >= 15 is 0 Å². The maximum Gasteiger partial charge on any atom is 0.0550 e. The molecule has 2 nitrogen and oxygen atoms in total. The van der Waals surface area contributed by atoms with Gasteiger partial charge in [-0.3, -0.25) is 0 Å². The lowest BCUT2D eigenvalue weighted by Gasteiger charge is -2.31. The lowest BCUT2D eigenvalue weighted by molar-refractivity contribution is 0.00259. The highest BCUT2D eigenvalue weighted by atomic mass is 32.2. The van der Waals surface area contributed by atoms with Gasteiger partial charge in [-0.15, -0.1) is 0 Å². The first-order valence-electron chi connectivity index (χ1n) is 5.27. The number of hydrogen-bond acceptors (Lipinski definition) is 3. The van der Waals surface area contributed by atoms with E-state index in [1.165, 1.54) is 30.9 Å². The van der Waals surface area contributed by atoms with Crippen LogP contribution in [0, 0.1) is 5.92 Å². The first-order chi connectivity index (χ1) is 6.34. The summed E-state index contributed by atoms with van der Waals surface area (Å²) in [5.74, 6) is 3.49. The fourth-order valence-electron chi connectivity index (χ4n) is 1.96. The summed E-state index contributed by atoms with van der Waals surface area (Å²) >= 11 is 2.05. The molecule has 0 aromatic carbocycles. The molecule has 2 atom stereocenters. The summed E-state index contributed by atoms with van der Waals surface area (Å²) in [4.78, 5) is 0. The van der Waals surface area contributed by atoms with Crippen LogP contribution in [-0.2, 0) is 4.74 Å². The van der Waals surface area contributed by atoms with Crippen molar-refractivity contribution in [2.75, 3.05) is 24.7 Å². The summed E-state index contributed by atoms with van der Waals surface area (Å²) in [5, 5.41) is 3.63. The number of rotatable bonds is 3. The average Bonchev–Trinajstić information content (AvgIpc) is 2.01. The van der Waals surface area contributed by atoms with Crippen LogP contribution in [-0.4, -0.2) is 36.8 Å². The first-order valence-corrected chi connectivity index (χ1v) is 6.43. The van der Waals surface area contributed by atoms with Crippen molar-refractivity contribution in [2.24, 2.45) is 5.92 Å². The highest BCUT2D eigenvalue weighted by molar-refractivity contribution is 8.00. The van der Waals surface area contributed by atoms with E-state index in [2.05, 4.69) is 12.2 Å². The minimum Gasteiger partial charge on any atom is -0.378 e. The molecule has 2 rings (SSSR count). The molecule has 1 N–H and O–H groups in total. The van der Waals surface area contributed by atoms with E-state index in [4.69, 9.17) is 4.74 Å². The van der Waals surface area contributed by atoms with Crippen LogP contribution in [0.4, 0.5) is 0 Å². The van der Waals surface area contributed by atoms with Gasteiger partial charge in [-0.2, -0.15) is 11.8 Å². The monoisotopic (exact) mass is 201 g/mol. The predicted octanol–water partition coefficient (Wildman–Crippen LogP) is 1.51. The SMILES string of the molecule is CC1CC(CNC2CSC2)CCO1. The van der Waals surface area contributed by atoms with Gasteiger partial charge in [0.1, 0.15) is 0 Å². The third kappa shape index (κ3) is 2.86. The Kier molecular flexibility index (Phi) is 3.52. The molecule has 2 fully saturated rings. The van der Waals surface area contributed by atoms with Crippen molar-refractivity contribution in [1.29, 1.82) is 0 Å². The van der Waals surface area contributed by atoms with Crippen LogP contribution in [0.15, 0.2) is 0 Å². The van der Waals surface area contributed by atoms with Crippen molar-refractivity contribution in [3.8, 4) is 0 Å². The van der Waals surface area contributed by atoms with Crippen LogP contribution < -0.4 is 5.32 Å². The van der Waals surface area contributed by atoms with Gasteiger partial charge in [0, 0.05) is 24.2 Å².